The Bertz CT molecular complexity index is 1820. The van der Waals surface area contributed by atoms with Crippen molar-refractivity contribution in [3.63, 3.8) is 0 Å². The summed E-state index contributed by atoms with van der Waals surface area (Å²) >= 11 is 0. The van der Waals surface area contributed by atoms with Crippen molar-refractivity contribution in [2.24, 2.45) is 0 Å². The average Bonchev–Trinajstić information content (AvgIpc) is 3.70. The van der Waals surface area contributed by atoms with Gasteiger partial charge in [-0.25, -0.2) is 18.7 Å². The second-order valence-corrected chi connectivity index (χ2v) is 13.2. The van der Waals surface area contributed by atoms with Crippen molar-refractivity contribution < 1.29 is 38.1 Å². The molecule has 0 aliphatic heterocycles. The number of ether oxygens (including phenoxy) is 2. The molecule has 4 heterocycles. The van der Waals surface area contributed by atoms with E-state index in [4.69, 9.17) is 9.47 Å². The maximum absolute atomic E-state index is 12.8. The summed E-state index contributed by atoms with van der Waals surface area (Å²) in [7, 11) is 0. The first-order valence-corrected chi connectivity index (χ1v) is 17.7. The lowest BCUT2D eigenvalue weighted by Gasteiger charge is -2.21. The molecular formula is C36H52F2N10O6. The van der Waals surface area contributed by atoms with Gasteiger partial charge >= 0.3 is 0 Å². The lowest BCUT2D eigenvalue weighted by atomic mass is 10.0. The number of likely N-dealkylation sites (N-methyl/N-ethyl adjacent to an activating group) is 2. The average molecular weight is 759 g/mol. The number of alkyl halides is 2. The molecule has 0 atom stereocenters. The van der Waals surface area contributed by atoms with Gasteiger partial charge in [0.05, 0.1) is 31.1 Å². The minimum absolute atomic E-state index is 0.117. The quantitative estimate of drug-likeness (QED) is 0.159. The van der Waals surface area contributed by atoms with Gasteiger partial charge in [-0.15, -0.1) is 0 Å². The molecule has 0 saturated heterocycles. The standard InChI is InChI=1S/C18H25F2N5O3.C18H27N5O3/c1-5-24(9-10-25-22-12(2)15(23-25)18(3,4)27)17(26)13-7-6-8-21-16(13)28-11-14(19)20;1-6-22(17(24)14-9-8-10-19-16(14)26-7-2)11-12-23-20-13(3)15(21-23)18(4,5)25/h6-8,14,27H,5,9-11H2,1-4H3;8-10,25H,6-7,11-12H2,1-5H3. The van der Waals surface area contributed by atoms with Gasteiger partial charge in [-0.2, -0.15) is 30.0 Å². The number of amides is 2. The van der Waals surface area contributed by atoms with Crippen LogP contribution >= 0.6 is 0 Å². The van der Waals surface area contributed by atoms with Crippen LogP contribution in [-0.2, 0) is 24.3 Å². The van der Waals surface area contributed by atoms with Crippen molar-refractivity contribution >= 4 is 11.8 Å². The number of halogens is 2. The summed E-state index contributed by atoms with van der Waals surface area (Å²) in [5, 5.41) is 37.5. The zero-order valence-electron chi connectivity index (χ0n) is 32.5. The van der Waals surface area contributed by atoms with Crippen molar-refractivity contribution in [1.29, 1.82) is 0 Å². The van der Waals surface area contributed by atoms with Crippen molar-refractivity contribution in [3.05, 3.63) is 70.6 Å². The van der Waals surface area contributed by atoms with Crippen molar-refractivity contribution in [2.45, 2.75) is 93.0 Å². The van der Waals surface area contributed by atoms with Gasteiger partial charge in [-0.1, -0.05) is 0 Å². The highest BCUT2D eigenvalue weighted by molar-refractivity contribution is 5.96. The lowest BCUT2D eigenvalue weighted by Crippen LogP contribution is -2.34. The summed E-state index contributed by atoms with van der Waals surface area (Å²) in [5.41, 5.74) is 0.689. The Balaban J connectivity index is 0.000000291. The summed E-state index contributed by atoms with van der Waals surface area (Å²) in [6.07, 6.45) is 0.320. The molecule has 18 heteroatoms. The van der Waals surface area contributed by atoms with Gasteiger partial charge in [0.2, 0.25) is 11.8 Å². The van der Waals surface area contributed by atoms with Gasteiger partial charge < -0.3 is 29.5 Å². The Kier molecular flexibility index (Phi) is 15.5. The molecule has 16 nitrogen and oxygen atoms in total. The summed E-state index contributed by atoms with van der Waals surface area (Å²) in [6, 6.07) is 6.47. The molecule has 0 aromatic carbocycles. The smallest absolute Gasteiger partial charge is 0.272 e. The topological polar surface area (TPSA) is 187 Å². The molecule has 0 aliphatic rings. The highest BCUT2D eigenvalue weighted by atomic mass is 19.3. The number of aromatic nitrogens is 8. The lowest BCUT2D eigenvalue weighted by molar-refractivity contribution is 0.0691. The summed E-state index contributed by atoms with van der Waals surface area (Å²) < 4.78 is 35.3. The van der Waals surface area contributed by atoms with Gasteiger partial charge in [-0.05, 0) is 86.6 Å². The highest BCUT2D eigenvalue weighted by Crippen LogP contribution is 2.22. The largest absolute Gasteiger partial charge is 0.477 e. The molecule has 296 valence electrons. The van der Waals surface area contributed by atoms with E-state index in [9.17, 15) is 28.6 Å². The number of hydrogen-bond acceptors (Lipinski definition) is 12. The van der Waals surface area contributed by atoms with Crippen LogP contribution in [0.4, 0.5) is 8.78 Å². The Morgan fingerprint density at radius 2 is 1.15 bits per heavy atom. The molecule has 0 fully saturated rings. The van der Waals surface area contributed by atoms with Crippen LogP contribution < -0.4 is 9.47 Å². The van der Waals surface area contributed by atoms with Crippen molar-refractivity contribution in [2.75, 3.05) is 39.4 Å². The van der Waals surface area contributed by atoms with Crippen molar-refractivity contribution in [3.8, 4) is 11.8 Å². The molecule has 0 radical (unpaired) electrons. The van der Waals surface area contributed by atoms with E-state index in [1.165, 1.54) is 26.8 Å². The molecule has 4 rings (SSSR count). The number of carbonyl (C=O) groups is 2. The third-order valence-corrected chi connectivity index (χ3v) is 7.91. The first-order valence-electron chi connectivity index (χ1n) is 17.7. The summed E-state index contributed by atoms with van der Waals surface area (Å²) in [6.45, 7) is 17.7. The molecule has 4 aromatic heterocycles. The fraction of sp³-hybridized carbons (Fsp3) is 0.556. The molecular weight excluding hydrogens is 706 g/mol. The monoisotopic (exact) mass is 758 g/mol. The Labute approximate surface area is 314 Å². The molecule has 54 heavy (non-hydrogen) atoms. The molecule has 0 saturated carbocycles. The van der Waals surface area contributed by atoms with Crippen LogP contribution in [0.15, 0.2) is 36.7 Å². The van der Waals surface area contributed by atoms with E-state index in [1.54, 1.807) is 70.8 Å². The number of aryl methyl sites for hydroxylation is 2. The van der Waals surface area contributed by atoms with Gasteiger partial charge in [0.15, 0.2) is 6.61 Å². The number of rotatable bonds is 17. The molecule has 0 unspecified atom stereocenters. The summed E-state index contributed by atoms with van der Waals surface area (Å²) in [4.78, 5) is 39.9. The Morgan fingerprint density at radius 3 is 1.48 bits per heavy atom. The molecule has 2 amide bonds. The zero-order chi connectivity index (χ0) is 40.2. The van der Waals surface area contributed by atoms with Crippen LogP contribution in [-0.4, -0.2) is 118 Å². The summed E-state index contributed by atoms with van der Waals surface area (Å²) in [5.74, 6) is -0.304. The zero-order valence-corrected chi connectivity index (χ0v) is 32.5. The number of pyridine rings is 2. The number of aliphatic hydroxyl groups is 2. The van der Waals surface area contributed by atoms with E-state index < -0.39 is 24.2 Å². The van der Waals surface area contributed by atoms with E-state index >= 15 is 0 Å². The SMILES string of the molecule is CCN(CCn1nc(C)c(C(C)(C)O)n1)C(=O)c1cccnc1OCC(F)F.CCOc1ncccc1C(=O)N(CC)CCn1nc(C)c(C(C)(C)O)n1. The minimum atomic E-state index is -2.66. The molecule has 0 bridgehead atoms. The van der Waals surface area contributed by atoms with Gasteiger partial charge in [0.1, 0.15) is 33.7 Å². The molecule has 2 N–H and O–H groups in total. The van der Waals surface area contributed by atoms with Gasteiger partial charge in [-0.3, -0.25) is 9.59 Å². The van der Waals surface area contributed by atoms with Crippen LogP contribution in [0, 0.1) is 13.8 Å². The van der Waals surface area contributed by atoms with E-state index in [0.29, 0.717) is 73.5 Å². The van der Waals surface area contributed by atoms with Gasteiger partial charge in [0, 0.05) is 38.6 Å². The minimum Gasteiger partial charge on any atom is -0.477 e. The van der Waals surface area contributed by atoms with E-state index in [-0.39, 0.29) is 29.8 Å². The number of hydrogen-bond donors (Lipinski definition) is 2. The fourth-order valence-corrected chi connectivity index (χ4v) is 5.37. The van der Waals surface area contributed by atoms with Crippen LogP contribution in [0.2, 0.25) is 0 Å². The van der Waals surface area contributed by atoms with Crippen LogP contribution in [0.3, 0.4) is 0 Å². The number of nitrogens with zero attached hydrogens (tertiary/aromatic N) is 10. The Morgan fingerprint density at radius 1 is 0.741 bits per heavy atom. The normalized spacial score (nSPS) is 11.6. The highest BCUT2D eigenvalue weighted by Gasteiger charge is 2.26. The maximum atomic E-state index is 12.8. The molecule has 4 aromatic rings. The molecule has 0 spiro atoms. The van der Waals surface area contributed by atoms with Gasteiger partial charge in [0.25, 0.3) is 18.2 Å². The van der Waals surface area contributed by atoms with E-state index in [1.807, 2.05) is 20.8 Å². The predicted molar refractivity (Wildman–Crippen MR) is 194 cm³/mol. The van der Waals surface area contributed by atoms with E-state index in [0.717, 1.165) is 0 Å². The van der Waals surface area contributed by atoms with Crippen molar-refractivity contribution in [1.82, 2.24) is 49.8 Å². The van der Waals surface area contributed by atoms with E-state index in [2.05, 4.69) is 30.4 Å². The molecule has 0 aliphatic carbocycles. The van der Waals surface area contributed by atoms with Crippen LogP contribution in [0.5, 0.6) is 11.8 Å². The fourth-order valence-electron chi connectivity index (χ4n) is 5.37. The second kappa shape index (κ2) is 19.3. The second-order valence-electron chi connectivity index (χ2n) is 13.2. The van der Waals surface area contributed by atoms with Crippen LogP contribution in [0.25, 0.3) is 0 Å². The third kappa shape index (κ3) is 12.0. The third-order valence-electron chi connectivity index (χ3n) is 7.91. The maximum Gasteiger partial charge on any atom is 0.272 e. The first-order chi connectivity index (χ1) is 25.4. The number of carbonyl (C=O) groups excluding carboxylic acids is 2. The Hall–Kier alpha value is -5.10. The first kappa shape index (κ1) is 43.3. The van der Waals surface area contributed by atoms with Crippen LogP contribution in [0.1, 0.15) is 92.0 Å². The predicted octanol–water partition coefficient (Wildman–Crippen LogP) is 3.79.